The second-order valence-corrected chi connectivity index (χ2v) is 8.36. The van der Waals surface area contributed by atoms with Crippen molar-refractivity contribution in [1.82, 2.24) is 0 Å². The summed E-state index contributed by atoms with van der Waals surface area (Å²) in [7, 11) is 0. The van der Waals surface area contributed by atoms with Crippen LogP contribution in [0.4, 0.5) is 0 Å². The Morgan fingerprint density at radius 1 is 1.03 bits per heavy atom. The predicted octanol–water partition coefficient (Wildman–Crippen LogP) is 4.81. The molecule has 0 amide bonds. The van der Waals surface area contributed by atoms with Gasteiger partial charge in [0.2, 0.25) is 0 Å². The Morgan fingerprint density at radius 2 is 1.77 bits per heavy atom. The average molecular weight is 420 g/mol. The fourth-order valence-electron chi connectivity index (χ4n) is 3.41. The number of para-hydroxylation sites is 1. The molecule has 5 heteroatoms. The maximum absolute atomic E-state index is 11.1. The van der Waals surface area contributed by atoms with Gasteiger partial charge in [0, 0.05) is 11.6 Å². The van der Waals surface area contributed by atoms with Crippen molar-refractivity contribution in [3.63, 3.8) is 0 Å². The first-order valence-corrected chi connectivity index (χ1v) is 10.3. The van der Waals surface area contributed by atoms with Gasteiger partial charge in [0.15, 0.2) is 0 Å². The van der Waals surface area contributed by atoms with Crippen LogP contribution in [0.5, 0.6) is 5.75 Å². The van der Waals surface area contributed by atoms with Gasteiger partial charge in [0.1, 0.15) is 12.4 Å². The van der Waals surface area contributed by atoms with E-state index in [1.807, 2.05) is 49.4 Å². The van der Waals surface area contributed by atoms with Crippen LogP contribution in [0.2, 0.25) is 0 Å². The monoisotopic (exact) mass is 419 g/mol. The van der Waals surface area contributed by atoms with Gasteiger partial charge in [-0.25, -0.2) is 0 Å². The van der Waals surface area contributed by atoms with E-state index in [-0.39, 0.29) is 19.1 Å². The first-order valence-electron chi connectivity index (χ1n) is 10.3. The fourth-order valence-corrected chi connectivity index (χ4v) is 3.41. The number of hydrogen-bond donors (Lipinski definition) is 3. The summed E-state index contributed by atoms with van der Waals surface area (Å²) in [5.74, 6) is -0.365. The Labute approximate surface area is 183 Å². The van der Waals surface area contributed by atoms with Crippen LogP contribution in [0.1, 0.15) is 49.1 Å². The van der Waals surface area contributed by atoms with Gasteiger partial charge in [-0.2, -0.15) is 0 Å². The molecule has 0 aromatic heterocycles. The lowest BCUT2D eigenvalue weighted by Gasteiger charge is -2.21. The topological polar surface area (TPSA) is 92.8 Å². The Morgan fingerprint density at radius 3 is 2.45 bits per heavy atom. The van der Waals surface area contributed by atoms with Gasteiger partial charge in [-0.15, -0.1) is 0 Å². The van der Waals surface area contributed by atoms with E-state index >= 15 is 0 Å². The molecule has 4 N–H and O–H groups in total. The summed E-state index contributed by atoms with van der Waals surface area (Å²) in [6, 6.07) is 21.0. The lowest BCUT2D eigenvalue weighted by molar-refractivity contribution is -0.136. The maximum atomic E-state index is 11.1. The number of ether oxygens (including phenoxy) is 1. The highest BCUT2D eigenvalue weighted by atomic mass is 16.5. The molecule has 0 saturated heterocycles. The van der Waals surface area contributed by atoms with Gasteiger partial charge < -0.3 is 20.7 Å². The van der Waals surface area contributed by atoms with Crippen LogP contribution in [0.3, 0.4) is 0 Å². The molecule has 3 aromatic carbocycles. The summed E-state index contributed by atoms with van der Waals surface area (Å²) in [4.78, 5) is 11.1. The lowest BCUT2D eigenvalue weighted by Crippen LogP contribution is -2.16. The zero-order valence-corrected chi connectivity index (χ0v) is 18.1. The molecule has 3 aromatic rings. The molecule has 3 rings (SSSR count). The van der Waals surface area contributed by atoms with Crippen LogP contribution in [-0.2, 0) is 23.4 Å². The first kappa shape index (κ1) is 22.5. The van der Waals surface area contributed by atoms with Crippen molar-refractivity contribution in [1.29, 1.82) is 0 Å². The minimum absolute atomic E-state index is 0.0778. The molecular formula is C26H29NO4. The highest BCUT2D eigenvalue weighted by Gasteiger charge is 2.18. The van der Waals surface area contributed by atoms with Crippen molar-refractivity contribution in [2.75, 3.05) is 0 Å². The molecule has 1 atom stereocenters. The fraction of sp³-hybridized carbons (Fsp3) is 0.269. The molecule has 0 aliphatic carbocycles. The van der Waals surface area contributed by atoms with Crippen LogP contribution < -0.4 is 10.5 Å². The Kier molecular flexibility index (Phi) is 6.78. The van der Waals surface area contributed by atoms with Gasteiger partial charge in [-0.3, -0.25) is 4.79 Å². The van der Waals surface area contributed by atoms with E-state index in [1.165, 1.54) is 0 Å². The zero-order valence-electron chi connectivity index (χ0n) is 18.1. The Balaban J connectivity index is 1.95. The summed E-state index contributed by atoms with van der Waals surface area (Å²) in [5.41, 5.74) is 10.3. The number of rotatable bonds is 8. The zero-order chi connectivity index (χ0) is 22.6. The average Bonchev–Trinajstić information content (AvgIpc) is 2.72. The van der Waals surface area contributed by atoms with E-state index in [1.54, 1.807) is 32.0 Å². The lowest BCUT2D eigenvalue weighted by atomic mass is 9.91. The molecule has 31 heavy (non-hydrogen) atoms. The van der Waals surface area contributed by atoms with Gasteiger partial charge in [0.25, 0.3) is 0 Å². The summed E-state index contributed by atoms with van der Waals surface area (Å²) < 4.78 is 5.98. The Hall–Kier alpha value is -3.15. The molecule has 0 aliphatic rings. The molecule has 5 nitrogen and oxygen atoms in total. The third-order valence-electron chi connectivity index (χ3n) is 5.15. The molecule has 0 heterocycles. The van der Waals surface area contributed by atoms with E-state index < -0.39 is 11.6 Å². The van der Waals surface area contributed by atoms with Crippen LogP contribution in [0.15, 0.2) is 66.7 Å². The number of carbonyl (C=O) groups is 1. The standard InChI is InChI=1S/C26H29NO4/c1-17(27)19-8-6-9-20(13-19)22-11-18(12-23(14-22)26(2,3)30)16-31-24-10-5-4-7-21(24)15-25(28)29/h4-14,17,30H,15-16,27H2,1-3H3,(H,28,29)/t17-/m1/s1. The highest BCUT2D eigenvalue weighted by molar-refractivity contribution is 5.71. The quantitative estimate of drug-likeness (QED) is 0.487. The normalized spacial score (nSPS) is 12.4. The van der Waals surface area contributed by atoms with E-state index in [4.69, 9.17) is 15.6 Å². The predicted molar refractivity (Wildman–Crippen MR) is 122 cm³/mol. The number of carboxylic acid groups (broad SMARTS) is 1. The van der Waals surface area contributed by atoms with E-state index in [9.17, 15) is 9.90 Å². The summed E-state index contributed by atoms with van der Waals surface area (Å²) in [5, 5.41) is 19.8. The third-order valence-corrected chi connectivity index (χ3v) is 5.15. The second kappa shape index (κ2) is 9.33. The van der Waals surface area contributed by atoms with Crippen molar-refractivity contribution in [2.45, 2.75) is 45.4 Å². The molecule has 0 fully saturated rings. The van der Waals surface area contributed by atoms with Crippen molar-refractivity contribution in [3.05, 3.63) is 89.0 Å². The smallest absolute Gasteiger partial charge is 0.307 e. The van der Waals surface area contributed by atoms with Crippen LogP contribution >= 0.6 is 0 Å². The Bertz CT molecular complexity index is 1070. The minimum Gasteiger partial charge on any atom is -0.489 e. The molecule has 0 unspecified atom stereocenters. The first-order chi connectivity index (χ1) is 14.6. The number of nitrogens with two attached hydrogens (primary N) is 1. The third kappa shape index (κ3) is 5.94. The van der Waals surface area contributed by atoms with E-state index in [2.05, 4.69) is 6.07 Å². The maximum Gasteiger partial charge on any atom is 0.307 e. The summed E-state index contributed by atoms with van der Waals surface area (Å²) in [6.07, 6.45) is -0.102. The summed E-state index contributed by atoms with van der Waals surface area (Å²) in [6.45, 7) is 5.69. The number of carboxylic acids is 1. The van der Waals surface area contributed by atoms with Gasteiger partial charge in [-0.1, -0.05) is 36.4 Å². The highest BCUT2D eigenvalue weighted by Crippen LogP contribution is 2.30. The molecule has 162 valence electrons. The SMILES string of the molecule is C[C@@H](N)c1cccc(-c2cc(COc3ccccc3CC(=O)O)cc(C(C)(C)O)c2)c1. The summed E-state index contributed by atoms with van der Waals surface area (Å²) >= 11 is 0. The molecule has 0 bridgehead atoms. The van der Waals surface area contributed by atoms with Crippen molar-refractivity contribution >= 4 is 5.97 Å². The molecule has 0 saturated carbocycles. The molecular weight excluding hydrogens is 390 g/mol. The van der Waals surface area contributed by atoms with Crippen molar-refractivity contribution in [3.8, 4) is 16.9 Å². The van der Waals surface area contributed by atoms with Crippen molar-refractivity contribution in [2.24, 2.45) is 5.73 Å². The van der Waals surface area contributed by atoms with Gasteiger partial charge in [0.05, 0.1) is 12.0 Å². The molecule has 0 aliphatic heterocycles. The van der Waals surface area contributed by atoms with E-state index in [0.717, 1.165) is 27.8 Å². The van der Waals surface area contributed by atoms with Crippen LogP contribution in [-0.4, -0.2) is 16.2 Å². The number of aliphatic carboxylic acids is 1. The van der Waals surface area contributed by atoms with E-state index in [0.29, 0.717) is 11.3 Å². The largest absolute Gasteiger partial charge is 0.489 e. The van der Waals surface area contributed by atoms with Gasteiger partial charge >= 0.3 is 5.97 Å². The number of aliphatic hydroxyl groups is 1. The molecule has 0 spiro atoms. The second-order valence-electron chi connectivity index (χ2n) is 8.36. The number of hydrogen-bond acceptors (Lipinski definition) is 4. The minimum atomic E-state index is -1.02. The van der Waals surface area contributed by atoms with Crippen LogP contribution in [0.25, 0.3) is 11.1 Å². The van der Waals surface area contributed by atoms with Crippen LogP contribution in [0, 0.1) is 0 Å². The number of benzene rings is 3. The van der Waals surface area contributed by atoms with Gasteiger partial charge in [-0.05, 0) is 78.9 Å². The molecule has 0 radical (unpaired) electrons. The van der Waals surface area contributed by atoms with Crippen molar-refractivity contribution < 1.29 is 19.7 Å².